The summed E-state index contributed by atoms with van der Waals surface area (Å²) in [6.45, 7) is 5.11. The van der Waals surface area contributed by atoms with Gasteiger partial charge in [-0.2, -0.15) is 0 Å². The molecular formula is C23H23N3O4S2. The van der Waals surface area contributed by atoms with Gasteiger partial charge < -0.3 is 19.8 Å². The molecular weight excluding hydrogens is 446 g/mol. The molecule has 0 saturated carbocycles. The van der Waals surface area contributed by atoms with Gasteiger partial charge in [-0.3, -0.25) is 14.0 Å². The zero-order chi connectivity index (χ0) is 22.7. The van der Waals surface area contributed by atoms with Crippen LogP contribution < -0.4 is 20.3 Å². The van der Waals surface area contributed by atoms with E-state index in [1.54, 1.807) is 16.5 Å². The van der Waals surface area contributed by atoms with E-state index in [2.05, 4.69) is 10.3 Å². The Bertz CT molecular complexity index is 1390. The smallest absolute Gasteiger partial charge is 0.265 e. The quantitative estimate of drug-likeness (QED) is 0.375. The minimum Gasteiger partial charge on any atom is -0.490 e. The van der Waals surface area contributed by atoms with Gasteiger partial charge in [0.1, 0.15) is 10.5 Å². The molecule has 2 heterocycles. The molecule has 0 bridgehead atoms. The molecule has 2 aromatic heterocycles. The minimum atomic E-state index is -0.324. The SMILES string of the molecule is CCOc1cc2c(=O)[nH]c3c(C(=O)NCCc4ccccc4)sc(=S)n3c2cc1OCC. The zero-order valence-corrected chi connectivity index (χ0v) is 19.4. The summed E-state index contributed by atoms with van der Waals surface area (Å²) < 4.78 is 13.5. The molecule has 0 radical (unpaired) electrons. The molecule has 4 aromatic rings. The van der Waals surface area contributed by atoms with E-state index < -0.39 is 0 Å². The fourth-order valence-electron chi connectivity index (χ4n) is 3.53. The molecule has 0 aliphatic rings. The maximum atomic E-state index is 12.9. The van der Waals surface area contributed by atoms with Crippen molar-refractivity contribution in [3.05, 3.63) is 67.2 Å². The standard InChI is InChI=1S/C23H23N3O4S2/c1-3-29-17-12-15-16(13-18(17)30-4-2)26-20(25-21(15)27)19(32-23(26)31)22(28)24-11-10-14-8-6-5-7-9-14/h5-9,12-13H,3-4,10-11H2,1-2H3,(H,24,28)(H,25,27). The van der Waals surface area contributed by atoms with E-state index in [0.29, 0.717) is 63.1 Å². The number of amides is 1. The molecule has 0 aliphatic heterocycles. The average molecular weight is 470 g/mol. The van der Waals surface area contributed by atoms with Crippen LogP contribution >= 0.6 is 23.6 Å². The maximum absolute atomic E-state index is 12.9. The summed E-state index contributed by atoms with van der Waals surface area (Å²) in [6.07, 6.45) is 0.709. The molecule has 2 N–H and O–H groups in total. The first kappa shape index (κ1) is 22.0. The summed E-state index contributed by atoms with van der Waals surface area (Å²) >= 11 is 6.72. The molecule has 0 unspecified atom stereocenters. The van der Waals surface area contributed by atoms with Crippen molar-refractivity contribution >= 4 is 46.0 Å². The van der Waals surface area contributed by atoms with Gasteiger partial charge in [0, 0.05) is 12.6 Å². The van der Waals surface area contributed by atoms with Crippen molar-refractivity contribution in [3.63, 3.8) is 0 Å². The van der Waals surface area contributed by atoms with Crippen LogP contribution in [0.4, 0.5) is 0 Å². The maximum Gasteiger partial charge on any atom is 0.265 e. The van der Waals surface area contributed by atoms with Crippen molar-refractivity contribution in [2.45, 2.75) is 20.3 Å². The number of ether oxygens (including phenoxy) is 2. The van der Waals surface area contributed by atoms with Crippen LogP contribution in [0.25, 0.3) is 16.6 Å². The molecule has 7 nitrogen and oxygen atoms in total. The Morgan fingerprint density at radius 2 is 1.81 bits per heavy atom. The highest BCUT2D eigenvalue weighted by molar-refractivity contribution is 7.73. The number of H-pyrrole nitrogens is 1. The van der Waals surface area contributed by atoms with Crippen LogP contribution in [0.3, 0.4) is 0 Å². The number of benzene rings is 2. The van der Waals surface area contributed by atoms with Crippen LogP contribution in [0.2, 0.25) is 0 Å². The third kappa shape index (κ3) is 4.26. The molecule has 0 saturated heterocycles. The van der Waals surface area contributed by atoms with E-state index in [1.807, 2.05) is 44.2 Å². The Kier molecular flexibility index (Phi) is 6.57. The number of thiazole rings is 1. The molecule has 0 aliphatic carbocycles. The number of fused-ring (bicyclic) bond motifs is 3. The van der Waals surface area contributed by atoms with Crippen molar-refractivity contribution in [3.8, 4) is 11.5 Å². The summed E-state index contributed by atoms with van der Waals surface area (Å²) in [4.78, 5) is 29.0. The largest absolute Gasteiger partial charge is 0.490 e. The van der Waals surface area contributed by atoms with Gasteiger partial charge >= 0.3 is 0 Å². The van der Waals surface area contributed by atoms with Crippen molar-refractivity contribution in [1.82, 2.24) is 14.7 Å². The lowest BCUT2D eigenvalue weighted by Gasteiger charge is -2.13. The zero-order valence-electron chi connectivity index (χ0n) is 17.8. The normalized spacial score (nSPS) is 11.1. The summed E-state index contributed by atoms with van der Waals surface area (Å²) in [5, 5.41) is 3.33. The van der Waals surface area contributed by atoms with Crippen molar-refractivity contribution in [1.29, 1.82) is 0 Å². The van der Waals surface area contributed by atoms with E-state index in [-0.39, 0.29) is 11.5 Å². The van der Waals surface area contributed by atoms with Crippen molar-refractivity contribution < 1.29 is 14.3 Å². The molecule has 4 rings (SSSR count). The first-order valence-electron chi connectivity index (χ1n) is 10.4. The van der Waals surface area contributed by atoms with Gasteiger partial charge in [-0.1, -0.05) is 41.7 Å². The number of rotatable bonds is 8. The number of carbonyl (C=O) groups is 1. The average Bonchev–Trinajstić information content (AvgIpc) is 3.12. The third-order valence-electron chi connectivity index (χ3n) is 4.94. The van der Waals surface area contributed by atoms with Gasteiger partial charge in [-0.15, -0.1) is 0 Å². The summed E-state index contributed by atoms with van der Waals surface area (Å²) in [7, 11) is 0. The number of nitrogens with one attached hydrogen (secondary N) is 2. The van der Waals surface area contributed by atoms with Gasteiger partial charge in [0.05, 0.1) is 24.1 Å². The fourth-order valence-corrected chi connectivity index (χ4v) is 4.83. The van der Waals surface area contributed by atoms with Crippen LogP contribution in [0, 0.1) is 3.95 Å². The third-order valence-corrected chi connectivity index (χ3v) is 6.31. The number of hydrogen-bond acceptors (Lipinski definition) is 6. The lowest BCUT2D eigenvalue weighted by molar-refractivity contribution is 0.0959. The number of carbonyl (C=O) groups excluding carboxylic acids is 1. The van der Waals surface area contributed by atoms with E-state index >= 15 is 0 Å². The van der Waals surface area contributed by atoms with Gasteiger partial charge in [0.25, 0.3) is 11.5 Å². The molecule has 32 heavy (non-hydrogen) atoms. The first-order valence-corrected chi connectivity index (χ1v) is 11.6. The van der Waals surface area contributed by atoms with E-state index in [9.17, 15) is 9.59 Å². The van der Waals surface area contributed by atoms with E-state index in [4.69, 9.17) is 21.7 Å². The molecule has 0 spiro atoms. The van der Waals surface area contributed by atoms with Gasteiger partial charge in [-0.05, 0) is 44.1 Å². The van der Waals surface area contributed by atoms with Crippen LogP contribution in [-0.2, 0) is 6.42 Å². The Morgan fingerprint density at radius 1 is 1.12 bits per heavy atom. The lowest BCUT2D eigenvalue weighted by Crippen LogP contribution is -2.25. The molecule has 9 heteroatoms. The topological polar surface area (TPSA) is 84.8 Å². The Hall–Kier alpha value is -3.17. The molecule has 0 atom stereocenters. The summed E-state index contributed by atoms with van der Waals surface area (Å²) in [5.41, 5.74) is 1.76. The number of aromatic amines is 1. The second-order valence-electron chi connectivity index (χ2n) is 7.01. The Labute approximate surface area is 193 Å². The predicted molar refractivity (Wildman–Crippen MR) is 129 cm³/mol. The number of aromatic nitrogens is 2. The van der Waals surface area contributed by atoms with Crippen LogP contribution in [0.1, 0.15) is 29.1 Å². The van der Waals surface area contributed by atoms with Crippen molar-refractivity contribution in [2.24, 2.45) is 0 Å². The molecule has 1 amide bonds. The predicted octanol–water partition coefficient (Wildman–Crippen LogP) is 4.34. The van der Waals surface area contributed by atoms with Crippen LogP contribution in [0.5, 0.6) is 11.5 Å². The lowest BCUT2D eigenvalue weighted by atomic mass is 10.1. The number of hydrogen-bond donors (Lipinski definition) is 2. The monoisotopic (exact) mass is 469 g/mol. The second-order valence-corrected chi connectivity index (χ2v) is 8.65. The number of nitrogens with zero attached hydrogens (tertiary/aromatic N) is 1. The Balaban J connectivity index is 1.74. The summed E-state index contributed by atoms with van der Waals surface area (Å²) in [5.74, 6) is 0.744. The first-order chi connectivity index (χ1) is 15.5. The van der Waals surface area contributed by atoms with E-state index in [1.165, 1.54) is 0 Å². The van der Waals surface area contributed by atoms with Gasteiger partial charge in [0.2, 0.25) is 0 Å². The van der Waals surface area contributed by atoms with Crippen LogP contribution in [-0.4, -0.2) is 35.1 Å². The molecule has 0 fully saturated rings. The summed E-state index contributed by atoms with van der Waals surface area (Å²) in [6, 6.07) is 13.3. The van der Waals surface area contributed by atoms with Gasteiger partial charge in [-0.25, -0.2) is 0 Å². The highest BCUT2D eigenvalue weighted by Gasteiger charge is 2.19. The van der Waals surface area contributed by atoms with Crippen LogP contribution in [0.15, 0.2) is 47.3 Å². The Morgan fingerprint density at radius 3 is 2.50 bits per heavy atom. The fraction of sp³-hybridized carbons (Fsp3) is 0.261. The molecule has 166 valence electrons. The molecule has 2 aromatic carbocycles. The van der Waals surface area contributed by atoms with Gasteiger partial charge in [0.15, 0.2) is 15.5 Å². The highest BCUT2D eigenvalue weighted by atomic mass is 32.1. The van der Waals surface area contributed by atoms with Crippen molar-refractivity contribution in [2.75, 3.05) is 19.8 Å². The minimum absolute atomic E-state index is 0.273. The second kappa shape index (κ2) is 9.54. The highest BCUT2D eigenvalue weighted by Crippen LogP contribution is 2.33. The van der Waals surface area contributed by atoms with E-state index in [0.717, 1.165) is 16.9 Å².